The Bertz CT molecular complexity index is 1160. The minimum Gasteiger partial charge on any atom is -0.320 e. The third kappa shape index (κ3) is 2.38. The van der Waals surface area contributed by atoms with Crippen LogP contribution in [0.4, 0.5) is 0 Å². The van der Waals surface area contributed by atoms with Crippen molar-refractivity contribution < 1.29 is 0 Å². The Labute approximate surface area is 142 Å². The Balaban J connectivity index is 1.74. The third-order valence-corrected chi connectivity index (χ3v) is 4.28. The number of imidazole rings is 1. The van der Waals surface area contributed by atoms with E-state index in [1.807, 2.05) is 36.5 Å². The molecule has 0 bridgehead atoms. The summed E-state index contributed by atoms with van der Waals surface area (Å²) in [7, 11) is 3.08. The van der Waals surface area contributed by atoms with Crippen molar-refractivity contribution in [1.82, 2.24) is 28.5 Å². The molecular formula is C17H16N6O2. The van der Waals surface area contributed by atoms with E-state index >= 15 is 0 Å². The van der Waals surface area contributed by atoms with Gasteiger partial charge in [-0.2, -0.15) is 5.10 Å². The Kier molecular flexibility index (Phi) is 3.38. The van der Waals surface area contributed by atoms with Gasteiger partial charge in [-0.25, -0.2) is 14.5 Å². The maximum Gasteiger partial charge on any atom is 0.332 e. The second-order valence-electron chi connectivity index (χ2n) is 5.87. The lowest BCUT2D eigenvalue weighted by Gasteiger charge is -2.08. The highest BCUT2D eigenvalue weighted by molar-refractivity contribution is 5.70. The summed E-state index contributed by atoms with van der Waals surface area (Å²) in [6.45, 7) is 0.489. The van der Waals surface area contributed by atoms with Gasteiger partial charge in [0.1, 0.15) is 0 Å². The Morgan fingerprint density at radius 2 is 1.80 bits per heavy atom. The first-order valence-corrected chi connectivity index (χ1v) is 7.76. The maximum absolute atomic E-state index is 12.5. The smallest absolute Gasteiger partial charge is 0.320 e. The minimum atomic E-state index is -0.383. The van der Waals surface area contributed by atoms with Gasteiger partial charge in [0.25, 0.3) is 5.56 Å². The number of aryl methyl sites for hydroxylation is 1. The molecule has 4 rings (SSSR count). The van der Waals surface area contributed by atoms with Crippen LogP contribution >= 0.6 is 0 Å². The summed E-state index contributed by atoms with van der Waals surface area (Å²) < 4.78 is 6.03. The molecule has 0 saturated carbocycles. The molecule has 0 N–H and O–H groups in total. The van der Waals surface area contributed by atoms with Gasteiger partial charge in [0.15, 0.2) is 11.2 Å². The van der Waals surface area contributed by atoms with Gasteiger partial charge in [-0.05, 0) is 23.8 Å². The molecule has 0 atom stereocenters. The first-order chi connectivity index (χ1) is 12.1. The summed E-state index contributed by atoms with van der Waals surface area (Å²) >= 11 is 0. The van der Waals surface area contributed by atoms with Crippen molar-refractivity contribution in [2.24, 2.45) is 14.1 Å². The lowest BCUT2D eigenvalue weighted by molar-refractivity contribution is 0.702. The number of nitrogens with zero attached hydrogens (tertiary/aromatic N) is 6. The summed E-state index contributed by atoms with van der Waals surface area (Å²) in [5.41, 5.74) is 2.06. The van der Waals surface area contributed by atoms with Gasteiger partial charge in [-0.3, -0.25) is 13.9 Å². The van der Waals surface area contributed by atoms with Crippen molar-refractivity contribution in [2.45, 2.75) is 6.54 Å². The lowest BCUT2D eigenvalue weighted by Crippen LogP contribution is -2.37. The molecule has 0 amide bonds. The van der Waals surface area contributed by atoms with Crippen LogP contribution in [-0.4, -0.2) is 28.5 Å². The van der Waals surface area contributed by atoms with Crippen molar-refractivity contribution in [2.75, 3.05) is 0 Å². The predicted molar refractivity (Wildman–Crippen MR) is 92.9 cm³/mol. The first kappa shape index (κ1) is 15.1. The van der Waals surface area contributed by atoms with E-state index in [0.717, 1.165) is 15.8 Å². The van der Waals surface area contributed by atoms with Crippen molar-refractivity contribution in [3.8, 4) is 5.69 Å². The molecule has 126 valence electrons. The molecule has 0 saturated heterocycles. The molecule has 4 aromatic rings. The fraction of sp³-hybridized carbons (Fsp3) is 0.176. The highest BCUT2D eigenvalue weighted by atomic mass is 16.2. The number of hydrogen-bond acceptors (Lipinski definition) is 4. The summed E-state index contributed by atoms with van der Waals surface area (Å²) in [6.07, 6.45) is 5.20. The highest BCUT2D eigenvalue weighted by Gasteiger charge is 2.14. The average molecular weight is 336 g/mol. The molecule has 0 aliphatic carbocycles. The van der Waals surface area contributed by atoms with E-state index in [0.29, 0.717) is 17.7 Å². The van der Waals surface area contributed by atoms with Crippen molar-refractivity contribution in [1.29, 1.82) is 0 Å². The van der Waals surface area contributed by atoms with Gasteiger partial charge < -0.3 is 4.57 Å². The fourth-order valence-electron chi connectivity index (χ4n) is 2.89. The zero-order chi connectivity index (χ0) is 17.6. The Hall–Kier alpha value is -3.42. The van der Waals surface area contributed by atoms with E-state index < -0.39 is 0 Å². The summed E-state index contributed by atoms with van der Waals surface area (Å²) in [5.74, 6) is 0. The van der Waals surface area contributed by atoms with Gasteiger partial charge in [0.2, 0.25) is 0 Å². The van der Waals surface area contributed by atoms with Gasteiger partial charge in [0, 0.05) is 33.0 Å². The van der Waals surface area contributed by atoms with Gasteiger partial charge >= 0.3 is 5.69 Å². The van der Waals surface area contributed by atoms with Crippen LogP contribution in [0.25, 0.3) is 16.9 Å². The molecule has 0 aliphatic heterocycles. The highest BCUT2D eigenvalue weighted by Crippen LogP contribution is 2.12. The molecule has 0 spiro atoms. The summed E-state index contributed by atoms with van der Waals surface area (Å²) in [5, 5.41) is 4.20. The lowest BCUT2D eigenvalue weighted by atomic mass is 10.2. The number of aromatic nitrogens is 6. The molecule has 0 fully saturated rings. The van der Waals surface area contributed by atoms with Crippen molar-refractivity contribution >= 4 is 11.2 Å². The summed E-state index contributed by atoms with van der Waals surface area (Å²) in [4.78, 5) is 28.7. The molecular weight excluding hydrogens is 320 g/mol. The van der Waals surface area contributed by atoms with E-state index in [9.17, 15) is 9.59 Å². The normalized spacial score (nSPS) is 11.3. The zero-order valence-corrected chi connectivity index (χ0v) is 13.8. The van der Waals surface area contributed by atoms with Crippen LogP contribution in [0.3, 0.4) is 0 Å². The number of hydrogen-bond donors (Lipinski definition) is 0. The van der Waals surface area contributed by atoms with Crippen LogP contribution in [0.2, 0.25) is 0 Å². The first-order valence-electron chi connectivity index (χ1n) is 7.76. The third-order valence-electron chi connectivity index (χ3n) is 4.28. The molecule has 25 heavy (non-hydrogen) atoms. The van der Waals surface area contributed by atoms with Crippen molar-refractivity contribution in [3.05, 3.63) is 75.5 Å². The molecule has 0 radical (unpaired) electrons. The Morgan fingerprint density at radius 3 is 2.48 bits per heavy atom. The molecule has 1 aromatic carbocycles. The summed E-state index contributed by atoms with van der Waals surface area (Å²) in [6, 6.07) is 9.76. The standard InChI is InChI=1S/C17H16N6O2/c1-20-15-14(16(24)21(2)17(20)25)22(11-18-15)10-12-4-6-13(7-5-12)23-9-3-8-19-23/h3-9,11H,10H2,1-2H3. The van der Waals surface area contributed by atoms with Crippen molar-refractivity contribution in [3.63, 3.8) is 0 Å². The van der Waals surface area contributed by atoms with E-state index in [-0.39, 0.29) is 11.2 Å². The topological polar surface area (TPSA) is 79.6 Å². The second kappa shape index (κ2) is 5.59. The van der Waals surface area contributed by atoms with E-state index in [1.165, 1.54) is 11.6 Å². The van der Waals surface area contributed by atoms with Crippen LogP contribution in [0.1, 0.15) is 5.56 Å². The number of fused-ring (bicyclic) bond motifs is 1. The van der Waals surface area contributed by atoms with Crippen LogP contribution in [0.5, 0.6) is 0 Å². The quantitative estimate of drug-likeness (QED) is 0.551. The van der Waals surface area contributed by atoms with Crippen LogP contribution in [0.15, 0.2) is 58.6 Å². The van der Waals surface area contributed by atoms with Crippen LogP contribution < -0.4 is 11.2 Å². The fourth-order valence-corrected chi connectivity index (χ4v) is 2.89. The molecule has 0 unspecified atom stereocenters. The molecule has 3 heterocycles. The van der Waals surface area contributed by atoms with Gasteiger partial charge in [-0.15, -0.1) is 0 Å². The second-order valence-corrected chi connectivity index (χ2v) is 5.87. The van der Waals surface area contributed by atoms with Crippen LogP contribution in [-0.2, 0) is 20.6 Å². The molecule has 8 heteroatoms. The van der Waals surface area contributed by atoms with Gasteiger partial charge in [-0.1, -0.05) is 12.1 Å². The molecule has 0 aliphatic rings. The molecule has 3 aromatic heterocycles. The number of rotatable bonds is 3. The monoisotopic (exact) mass is 336 g/mol. The zero-order valence-electron chi connectivity index (χ0n) is 13.8. The molecule has 8 nitrogen and oxygen atoms in total. The van der Waals surface area contributed by atoms with Crippen LogP contribution in [0, 0.1) is 0 Å². The maximum atomic E-state index is 12.5. The minimum absolute atomic E-state index is 0.344. The van der Waals surface area contributed by atoms with E-state index in [4.69, 9.17) is 0 Å². The van der Waals surface area contributed by atoms with E-state index in [2.05, 4.69) is 10.1 Å². The number of benzene rings is 1. The van der Waals surface area contributed by atoms with Gasteiger partial charge in [0.05, 0.1) is 12.0 Å². The predicted octanol–water partition coefficient (Wildman–Crippen LogP) is 0.668. The largest absolute Gasteiger partial charge is 0.332 e. The Morgan fingerprint density at radius 1 is 1.04 bits per heavy atom. The SMILES string of the molecule is Cn1c(=O)c2c(ncn2Cc2ccc(-n3cccn3)cc2)n(C)c1=O. The van der Waals surface area contributed by atoms with E-state index in [1.54, 1.807) is 28.8 Å². The average Bonchev–Trinajstić information content (AvgIpc) is 3.29.